The number of carboxylic acid groups (broad SMARTS) is 1. The van der Waals surface area contributed by atoms with Gasteiger partial charge in [0.15, 0.2) is 0 Å². The number of likely N-dealkylation sites (N-methyl/N-ethyl adjacent to an activating group) is 1. The van der Waals surface area contributed by atoms with Crippen molar-refractivity contribution in [3.05, 3.63) is 0 Å². The maximum Gasteiger partial charge on any atom is 0.321 e. The Bertz CT molecular complexity index is 315. The van der Waals surface area contributed by atoms with Crippen LogP contribution in [0.5, 0.6) is 0 Å². The molecule has 18 heavy (non-hydrogen) atoms. The van der Waals surface area contributed by atoms with E-state index >= 15 is 0 Å². The fraction of sp³-hybridized carbons (Fsp3) is 0.846. The molecule has 1 amide bonds. The molecule has 0 spiro atoms. The van der Waals surface area contributed by atoms with Crippen molar-refractivity contribution in [3.63, 3.8) is 0 Å². The largest absolute Gasteiger partial charge is 0.480 e. The minimum absolute atomic E-state index is 0.0281. The maximum absolute atomic E-state index is 12.3. The van der Waals surface area contributed by atoms with Gasteiger partial charge in [0.2, 0.25) is 5.91 Å². The summed E-state index contributed by atoms with van der Waals surface area (Å²) in [6.45, 7) is 9.65. The van der Waals surface area contributed by atoms with Crippen LogP contribution in [-0.2, 0) is 9.59 Å². The zero-order chi connectivity index (χ0) is 13.9. The van der Waals surface area contributed by atoms with Crippen molar-refractivity contribution in [1.82, 2.24) is 9.80 Å². The first kappa shape index (κ1) is 15.0. The van der Waals surface area contributed by atoms with Crippen LogP contribution in [0.3, 0.4) is 0 Å². The normalized spacial score (nSPS) is 26.0. The standard InChI is InChI=1S/C13H24N2O3/c1-5-14(6-2)12(16)10(4)15-8-7-9(3)11(15)13(17)18/h9-11H,5-8H2,1-4H3,(H,17,18). The topological polar surface area (TPSA) is 60.9 Å². The minimum Gasteiger partial charge on any atom is -0.480 e. The molecule has 1 aliphatic rings. The number of aliphatic carboxylic acids is 1. The van der Waals surface area contributed by atoms with Crippen LogP contribution in [0.4, 0.5) is 0 Å². The quantitative estimate of drug-likeness (QED) is 0.798. The number of amides is 1. The lowest BCUT2D eigenvalue weighted by Gasteiger charge is -2.32. The Morgan fingerprint density at radius 3 is 2.39 bits per heavy atom. The number of carbonyl (C=O) groups is 2. The van der Waals surface area contributed by atoms with Gasteiger partial charge in [0.25, 0.3) is 0 Å². The first-order chi connectivity index (χ1) is 8.43. The van der Waals surface area contributed by atoms with Gasteiger partial charge in [-0.3, -0.25) is 14.5 Å². The van der Waals surface area contributed by atoms with Crippen LogP contribution in [-0.4, -0.2) is 58.5 Å². The lowest BCUT2D eigenvalue weighted by Crippen LogP contribution is -2.51. The first-order valence-electron chi connectivity index (χ1n) is 6.71. The van der Waals surface area contributed by atoms with Crippen molar-refractivity contribution in [3.8, 4) is 0 Å². The van der Waals surface area contributed by atoms with Crippen LogP contribution >= 0.6 is 0 Å². The van der Waals surface area contributed by atoms with E-state index in [2.05, 4.69) is 0 Å². The van der Waals surface area contributed by atoms with Crippen molar-refractivity contribution in [2.24, 2.45) is 5.92 Å². The second-order valence-electron chi connectivity index (χ2n) is 4.97. The molecule has 0 radical (unpaired) electrons. The molecule has 0 bridgehead atoms. The predicted octanol–water partition coefficient (Wildman–Crippen LogP) is 1.04. The smallest absolute Gasteiger partial charge is 0.321 e. The van der Waals surface area contributed by atoms with Gasteiger partial charge in [-0.1, -0.05) is 6.92 Å². The van der Waals surface area contributed by atoms with Crippen molar-refractivity contribution in [1.29, 1.82) is 0 Å². The number of likely N-dealkylation sites (tertiary alicyclic amines) is 1. The number of hydrogen-bond donors (Lipinski definition) is 1. The highest BCUT2D eigenvalue weighted by atomic mass is 16.4. The molecule has 5 nitrogen and oxygen atoms in total. The van der Waals surface area contributed by atoms with Crippen LogP contribution < -0.4 is 0 Å². The van der Waals surface area contributed by atoms with Crippen molar-refractivity contribution in [2.45, 2.75) is 46.2 Å². The highest BCUT2D eigenvalue weighted by Gasteiger charge is 2.41. The van der Waals surface area contributed by atoms with Gasteiger partial charge in [-0.2, -0.15) is 0 Å². The molecule has 0 aliphatic carbocycles. The molecule has 1 aliphatic heterocycles. The molecule has 0 aromatic carbocycles. The lowest BCUT2D eigenvalue weighted by molar-refractivity contribution is -0.146. The summed E-state index contributed by atoms with van der Waals surface area (Å²) < 4.78 is 0. The van der Waals surface area contributed by atoms with Gasteiger partial charge in [0, 0.05) is 19.6 Å². The minimum atomic E-state index is -0.820. The average Bonchev–Trinajstić information content (AvgIpc) is 2.71. The Hall–Kier alpha value is -1.10. The third-order valence-electron chi connectivity index (χ3n) is 3.92. The van der Waals surface area contributed by atoms with Gasteiger partial charge in [0.1, 0.15) is 6.04 Å². The molecule has 1 rings (SSSR count). The van der Waals surface area contributed by atoms with Crippen LogP contribution in [0.1, 0.15) is 34.1 Å². The third-order valence-corrected chi connectivity index (χ3v) is 3.92. The molecular formula is C13H24N2O3. The molecule has 3 unspecified atom stereocenters. The summed E-state index contributed by atoms with van der Waals surface area (Å²) in [5, 5.41) is 9.27. The van der Waals surface area contributed by atoms with E-state index in [1.807, 2.05) is 32.6 Å². The van der Waals surface area contributed by atoms with E-state index in [4.69, 9.17) is 0 Å². The van der Waals surface area contributed by atoms with E-state index in [0.29, 0.717) is 19.6 Å². The summed E-state index contributed by atoms with van der Waals surface area (Å²) in [6, 6.07) is -0.879. The Labute approximate surface area is 109 Å². The molecule has 1 heterocycles. The molecule has 3 atom stereocenters. The van der Waals surface area contributed by atoms with E-state index in [1.165, 1.54) is 0 Å². The molecule has 5 heteroatoms. The number of carboxylic acids is 1. The first-order valence-corrected chi connectivity index (χ1v) is 6.71. The third kappa shape index (κ3) is 2.83. The summed E-state index contributed by atoms with van der Waals surface area (Å²) in [7, 11) is 0. The van der Waals surface area contributed by atoms with Gasteiger partial charge in [-0.25, -0.2) is 0 Å². The average molecular weight is 256 g/mol. The fourth-order valence-electron chi connectivity index (χ4n) is 2.74. The van der Waals surface area contributed by atoms with Crippen LogP contribution in [0.15, 0.2) is 0 Å². The Morgan fingerprint density at radius 2 is 1.94 bits per heavy atom. The molecule has 1 N–H and O–H groups in total. The molecule has 0 aromatic rings. The number of hydrogen-bond acceptors (Lipinski definition) is 3. The summed E-state index contributed by atoms with van der Waals surface area (Å²) in [5.74, 6) is -0.686. The Morgan fingerprint density at radius 1 is 1.39 bits per heavy atom. The molecule has 1 saturated heterocycles. The van der Waals surface area contributed by atoms with Crippen molar-refractivity contribution in [2.75, 3.05) is 19.6 Å². The predicted molar refractivity (Wildman–Crippen MR) is 69.3 cm³/mol. The second-order valence-corrected chi connectivity index (χ2v) is 4.97. The number of carbonyl (C=O) groups excluding carboxylic acids is 1. The SMILES string of the molecule is CCN(CC)C(=O)C(C)N1CCC(C)C1C(=O)O. The van der Waals surface area contributed by atoms with Gasteiger partial charge in [0.05, 0.1) is 6.04 Å². The van der Waals surface area contributed by atoms with Gasteiger partial charge >= 0.3 is 5.97 Å². The second kappa shape index (κ2) is 6.18. The maximum atomic E-state index is 12.3. The fourth-order valence-corrected chi connectivity index (χ4v) is 2.74. The highest BCUT2D eigenvalue weighted by molar-refractivity contribution is 5.83. The van der Waals surface area contributed by atoms with Crippen LogP contribution in [0.25, 0.3) is 0 Å². The molecule has 0 saturated carbocycles. The van der Waals surface area contributed by atoms with E-state index in [9.17, 15) is 14.7 Å². The van der Waals surface area contributed by atoms with E-state index in [0.717, 1.165) is 6.42 Å². The van der Waals surface area contributed by atoms with Crippen LogP contribution in [0, 0.1) is 5.92 Å². The lowest BCUT2D eigenvalue weighted by atomic mass is 10.0. The van der Waals surface area contributed by atoms with E-state index in [-0.39, 0.29) is 17.9 Å². The number of nitrogens with zero attached hydrogens (tertiary/aromatic N) is 2. The van der Waals surface area contributed by atoms with Crippen LogP contribution in [0.2, 0.25) is 0 Å². The van der Waals surface area contributed by atoms with Gasteiger partial charge < -0.3 is 10.0 Å². The Kier molecular flexibility index (Phi) is 5.14. The zero-order valence-corrected chi connectivity index (χ0v) is 11.7. The molecule has 1 fully saturated rings. The molecule has 0 aromatic heterocycles. The summed E-state index contributed by atoms with van der Waals surface area (Å²) in [6.07, 6.45) is 0.840. The molecule has 104 valence electrons. The summed E-state index contributed by atoms with van der Waals surface area (Å²) in [4.78, 5) is 27.1. The highest BCUT2D eigenvalue weighted by Crippen LogP contribution is 2.26. The molecular weight excluding hydrogens is 232 g/mol. The summed E-state index contributed by atoms with van der Waals surface area (Å²) >= 11 is 0. The van der Waals surface area contributed by atoms with E-state index < -0.39 is 12.0 Å². The van der Waals surface area contributed by atoms with Gasteiger partial charge in [-0.05, 0) is 33.1 Å². The summed E-state index contributed by atoms with van der Waals surface area (Å²) in [5.41, 5.74) is 0. The van der Waals surface area contributed by atoms with Gasteiger partial charge in [-0.15, -0.1) is 0 Å². The Balaban J connectivity index is 2.80. The number of rotatable bonds is 5. The van der Waals surface area contributed by atoms with Crippen molar-refractivity contribution >= 4 is 11.9 Å². The monoisotopic (exact) mass is 256 g/mol. The zero-order valence-electron chi connectivity index (χ0n) is 11.7. The van der Waals surface area contributed by atoms with E-state index in [1.54, 1.807) is 4.90 Å². The van der Waals surface area contributed by atoms with Crippen molar-refractivity contribution < 1.29 is 14.7 Å².